The lowest BCUT2D eigenvalue weighted by molar-refractivity contribution is 0.0953. The number of rotatable bonds is 7. The number of amides is 1. The largest absolute Gasteiger partial charge is 0.352 e. The molecule has 1 aromatic heterocycles. The zero-order valence-electron chi connectivity index (χ0n) is 16.3. The molecule has 3 aromatic rings. The minimum atomic E-state index is -0.0506. The number of nitrogens with zero attached hydrogens (tertiary/aromatic N) is 2. The Kier molecular flexibility index (Phi) is 6.07. The van der Waals surface area contributed by atoms with Gasteiger partial charge in [0.15, 0.2) is 0 Å². The summed E-state index contributed by atoms with van der Waals surface area (Å²) in [5.41, 5.74) is 6.42. The Morgan fingerprint density at radius 1 is 1.07 bits per heavy atom. The van der Waals surface area contributed by atoms with Crippen molar-refractivity contribution in [1.82, 2.24) is 15.1 Å². The Balaban J connectivity index is 1.72. The Bertz CT molecular complexity index is 913. The smallest absolute Gasteiger partial charge is 0.254 e. The van der Waals surface area contributed by atoms with Gasteiger partial charge in [0.25, 0.3) is 5.91 Å². The normalized spacial score (nSPS) is 10.8. The molecule has 0 aliphatic rings. The lowest BCUT2D eigenvalue weighted by Gasteiger charge is -2.10. The minimum absolute atomic E-state index is 0.0506. The molecule has 0 atom stereocenters. The number of nitrogens with one attached hydrogen (secondary N) is 1. The highest BCUT2D eigenvalue weighted by atomic mass is 16.1. The third kappa shape index (κ3) is 4.45. The van der Waals surface area contributed by atoms with Gasteiger partial charge in [0.05, 0.1) is 23.1 Å². The van der Waals surface area contributed by atoms with Crippen LogP contribution in [0.15, 0.2) is 54.7 Å². The molecule has 4 heteroatoms. The van der Waals surface area contributed by atoms with Gasteiger partial charge in [-0.3, -0.25) is 4.79 Å². The lowest BCUT2D eigenvalue weighted by Crippen LogP contribution is -2.26. The van der Waals surface area contributed by atoms with Crippen LogP contribution in [0.4, 0.5) is 0 Å². The van der Waals surface area contributed by atoms with Crippen LogP contribution in [0.1, 0.15) is 46.1 Å². The third-order valence-electron chi connectivity index (χ3n) is 4.78. The molecule has 140 valence electrons. The number of benzene rings is 2. The molecule has 0 spiro atoms. The van der Waals surface area contributed by atoms with E-state index in [-0.39, 0.29) is 5.91 Å². The summed E-state index contributed by atoms with van der Waals surface area (Å²) in [6.07, 6.45) is 4.29. The minimum Gasteiger partial charge on any atom is -0.352 e. The third-order valence-corrected chi connectivity index (χ3v) is 4.78. The lowest BCUT2D eigenvalue weighted by atomic mass is 10.0. The van der Waals surface area contributed by atoms with Crippen LogP contribution in [0.3, 0.4) is 0 Å². The summed E-state index contributed by atoms with van der Waals surface area (Å²) in [6.45, 7) is 6.95. The summed E-state index contributed by atoms with van der Waals surface area (Å²) in [5.74, 6) is -0.0506. The van der Waals surface area contributed by atoms with Gasteiger partial charge in [-0.25, -0.2) is 4.68 Å². The Labute approximate surface area is 161 Å². The molecule has 2 aromatic carbocycles. The van der Waals surface area contributed by atoms with E-state index in [1.54, 1.807) is 6.20 Å². The summed E-state index contributed by atoms with van der Waals surface area (Å²) in [4.78, 5) is 12.7. The molecule has 1 amide bonds. The van der Waals surface area contributed by atoms with Gasteiger partial charge < -0.3 is 5.32 Å². The molecular weight excluding hydrogens is 334 g/mol. The van der Waals surface area contributed by atoms with Crippen LogP contribution in [-0.4, -0.2) is 22.2 Å². The average molecular weight is 361 g/mol. The van der Waals surface area contributed by atoms with Crippen molar-refractivity contribution < 1.29 is 4.79 Å². The number of para-hydroxylation sites is 1. The fourth-order valence-electron chi connectivity index (χ4n) is 3.36. The van der Waals surface area contributed by atoms with Crippen molar-refractivity contribution in [1.29, 1.82) is 0 Å². The van der Waals surface area contributed by atoms with Crippen molar-refractivity contribution >= 4 is 5.91 Å². The van der Waals surface area contributed by atoms with Crippen LogP contribution in [0.5, 0.6) is 0 Å². The van der Waals surface area contributed by atoms with E-state index in [4.69, 9.17) is 0 Å². The Hall–Kier alpha value is -2.88. The highest BCUT2D eigenvalue weighted by Crippen LogP contribution is 2.17. The zero-order valence-corrected chi connectivity index (χ0v) is 16.3. The van der Waals surface area contributed by atoms with Crippen LogP contribution in [0.2, 0.25) is 0 Å². The van der Waals surface area contributed by atoms with Gasteiger partial charge in [0, 0.05) is 6.54 Å². The number of hydrogen-bond donors (Lipinski definition) is 1. The fraction of sp³-hybridized carbons (Fsp3) is 0.304. The first-order chi connectivity index (χ1) is 13.1. The first-order valence-corrected chi connectivity index (χ1v) is 9.56. The molecule has 0 radical (unpaired) electrons. The predicted octanol–water partition coefficient (Wildman–Crippen LogP) is 4.41. The standard InChI is InChI=1S/C23H27N3O/c1-4-8-22-21(16-25-26(22)20-9-6-5-7-10-20)23(27)24-14-13-19-12-11-17(2)15-18(19)3/h5-7,9-12,15-16H,4,8,13-14H2,1-3H3,(H,24,27). The molecule has 3 rings (SSSR count). The second-order valence-corrected chi connectivity index (χ2v) is 6.94. The SMILES string of the molecule is CCCc1c(C(=O)NCCc2ccc(C)cc2C)cnn1-c1ccccc1. The van der Waals surface area contributed by atoms with Crippen LogP contribution in [0, 0.1) is 13.8 Å². The van der Waals surface area contributed by atoms with Crippen LogP contribution >= 0.6 is 0 Å². The van der Waals surface area contributed by atoms with E-state index in [2.05, 4.69) is 49.4 Å². The molecule has 0 saturated heterocycles. The van der Waals surface area contributed by atoms with Crippen molar-refractivity contribution in [3.63, 3.8) is 0 Å². The van der Waals surface area contributed by atoms with E-state index >= 15 is 0 Å². The molecule has 27 heavy (non-hydrogen) atoms. The van der Waals surface area contributed by atoms with Crippen molar-refractivity contribution in [2.45, 2.75) is 40.0 Å². The second kappa shape index (κ2) is 8.67. The topological polar surface area (TPSA) is 46.9 Å². The molecule has 4 nitrogen and oxygen atoms in total. The van der Waals surface area contributed by atoms with Crippen LogP contribution in [0.25, 0.3) is 5.69 Å². The molecule has 1 heterocycles. The van der Waals surface area contributed by atoms with Gasteiger partial charge in [-0.2, -0.15) is 5.10 Å². The van der Waals surface area contributed by atoms with E-state index in [1.165, 1.54) is 16.7 Å². The van der Waals surface area contributed by atoms with Gasteiger partial charge >= 0.3 is 0 Å². The highest BCUT2D eigenvalue weighted by Gasteiger charge is 2.17. The molecule has 0 bridgehead atoms. The molecular formula is C23H27N3O. The molecule has 0 unspecified atom stereocenters. The van der Waals surface area contributed by atoms with E-state index in [9.17, 15) is 4.79 Å². The molecule has 0 aliphatic heterocycles. The van der Waals surface area contributed by atoms with E-state index in [1.807, 2.05) is 35.0 Å². The van der Waals surface area contributed by atoms with Crippen molar-refractivity contribution in [3.8, 4) is 5.69 Å². The first-order valence-electron chi connectivity index (χ1n) is 9.56. The maximum absolute atomic E-state index is 12.7. The zero-order chi connectivity index (χ0) is 19.2. The number of carbonyl (C=O) groups excluding carboxylic acids is 1. The van der Waals surface area contributed by atoms with Crippen LogP contribution < -0.4 is 5.32 Å². The number of aryl methyl sites for hydroxylation is 2. The van der Waals surface area contributed by atoms with E-state index in [0.29, 0.717) is 12.1 Å². The number of hydrogen-bond acceptors (Lipinski definition) is 2. The summed E-state index contributed by atoms with van der Waals surface area (Å²) < 4.78 is 1.88. The monoisotopic (exact) mass is 361 g/mol. The molecule has 0 fully saturated rings. The van der Waals surface area contributed by atoms with E-state index in [0.717, 1.165) is 30.6 Å². The molecule has 1 N–H and O–H groups in total. The van der Waals surface area contributed by atoms with Gasteiger partial charge in [-0.05, 0) is 49.9 Å². The number of aromatic nitrogens is 2. The maximum atomic E-state index is 12.7. The molecule has 0 saturated carbocycles. The second-order valence-electron chi connectivity index (χ2n) is 6.94. The molecule has 0 aliphatic carbocycles. The van der Waals surface area contributed by atoms with Gasteiger partial charge in [0.1, 0.15) is 0 Å². The predicted molar refractivity (Wildman–Crippen MR) is 110 cm³/mol. The Morgan fingerprint density at radius 2 is 1.85 bits per heavy atom. The van der Waals surface area contributed by atoms with Crippen molar-refractivity contribution in [3.05, 3.63) is 82.7 Å². The van der Waals surface area contributed by atoms with Gasteiger partial charge in [0.2, 0.25) is 0 Å². The number of carbonyl (C=O) groups is 1. The van der Waals surface area contributed by atoms with Crippen LogP contribution in [-0.2, 0) is 12.8 Å². The quantitative estimate of drug-likeness (QED) is 0.677. The fourth-order valence-corrected chi connectivity index (χ4v) is 3.36. The average Bonchev–Trinajstić information content (AvgIpc) is 3.08. The highest BCUT2D eigenvalue weighted by molar-refractivity contribution is 5.95. The van der Waals surface area contributed by atoms with Crippen molar-refractivity contribution in [2.24, 2.45) is 0 Å². The summed E-state index contributed by atoms with van der Waals surface area (Å²) in [5, 5.41) is 7.53. The van der Waals surface area contributed by atoms with Gasteiger partial charge in [-0.15, -0.1) is 0 Å². The van der Waals surface area contributed by atoms with Crippen molar-refractivity contribution in [2.75, 3.05) is 6.54 Å². The Morgan fingerprint density at radius 3 is 2.56 bits per heavy atom. The first kappa shape index (κ1) is 18.9. The summed E-state index contributed by atoms with van der Waals surface area (Å²) in [7, 11) is 0. The maximum Gasteiger partial charge on any atom is 0.254 e. The summed E-state index contributed by atoms with van der Waals surface area (Å²) >= 11 is 0. The van der Waals surface area contributed by atoms with Gasteiger partial charge in [-0.1, -0.05) is 55.3 Å². The summed E-state index contributed by atoms with van der Waals surface area (Å²) in [6, 6.07) is 16.4. The van der Waals surface area contributed by atoms with E-state index < -0.39 is 0 Å².